The number of alkyl halides is 2. The molecule has 1 N–H and O–H groups in total. The van der Waals surface area contributed by atoms with Crippen molar-refractivity contribution in [2.24, 2.45) is 0 Å². The Morgan fingerprint density at radius 1 is 1.28 bits per heavy atom. The highest BCUT2D eigenvalue weighted by atomic mass is 19.3. The molecule has 1 heterocycles. The summed E-state index contributed by atoms with van der Waals surface area (Å²) in [7, 11) is 2.83. The van der Waals surface area contributed by atoms with Gasteiger partial charge in [-0.15, -0.1) is 0 Å². The van der Waals surface area contributed by atoms with E-state index in [1.807, 2.05) is 0 Å². The highest BCUT2D eigenvalue weighted by Crippen LogP contribution is 2.40. The standard InChI is InChI=1S/C13H17F2NO2/c1-17-11-7-8(10-4-3-5-16-10)6-9(13(14)15)12(11)18-2/h6-7,10,13,16H,3-5H2,1-2H3. The van der Waals surface area contributed by atoms with Crippen LogP contribution in [0, 0.1) is 0 Å². The van der Waals surface area contributed by atoms with Crippen molar-refractivity contribution in [3.05, 3.63) is 23.3 Å². The Morgan fingerprint density at radius 2 is 2.06 bits per heavy atom. The van der Waals surface area contributed by atoms with Crippen molar-refractivity contribution in [3.8, 4) is 11.5 Å². The summed E-state index contributed by atoms with van der Waals surface area (Å²) in [4.78, 5) is 0. The van der Waals surface area contributed by atoms with Crippen LogP contribution in [0.1, 0.15) is 36.4 Å². The highest BCUT2D eigenvalue weighted by molar-refractivity contribution is 5.51. The molecule has 1 unspecified atom stereocenters. The fourth-order valence-corrected chi connectivity index (χ4v) is 2.35. The first kappa shape index (κ1) is 13.1. The summed E-state index contributed by atoms with van der Waals surface area (Å²) in [6, 6.07) is 3.41. The molecule has 1 saturated heterocycles. The predicted octanol–water partition coefficient (Wildman–Crippen LogP) is 3.07. The molecule has 100 valence electrons. The van der Waals surface area contributed by atoms with E-state index < -0.39 is 6.43 Å². The van der Waals surface area contributed by atoms with Gasteiger partial charge in [-0.3, -0.25) is 0 Å². The van der Waals surface area contributed by atoms with Gasteiger partial charge in [0.2, 0.25) is 0 Å². The lowest BCUT2D eigenvalue weighted by Crippen LogP contribution is -2.13. The Labute approximate surface area is 105 Å². The van der Waals surface area contributed by atoms with Crippen molar-refractivity contribution >= 4 is 0 Å². The maximum atomic E-state index is 13.0. The van der Waals surface area contributed by atoms with Crippen LogP contribution in [-0.2, 0) is 0 Å². The van der Waals surface area contributed by atoms with E-state index in [1.165, 1.54) is 20.3 Å². The van der Waals surface area contributed by atoms with E-state index in [0.29, 0.717) is 5.75 Å². The van der Waals surface area contributed by atoms with E-state index in [0.717, 1.165) is 24.9 Å². The number of rotatable bonds is 4. The quantitative estimate of drug-likeness (QED) is 0.899. The first-order valence-corrected chi connectivity index (χ1v) is 5.94. The Balaban J connectivity index is 2.45. The van der Waals surface area contributed by atoms with Gasteiger partial charge < -0.3 is 14.8 Å². The summed E-state index contributed by atoms with van der Waals surface area (Å²) < 4.78 is 36.2. The second kappa shape index (κ2) is 5.52. The van der Waals surface area contributed by atoms with Gasteiger partial charge in [0.15, 0.2) is 11.5 Å². The minimum absolute atomic E-state index is 0.111. The number of methoxy groups -OCH3 is 2. The summed E-state index contributed by atoms with van der Waals surface area (Å²) in [5.74, 6) is 0.480. The number of hydrogen-bond donors (Lipinski definition) is 1. The van der Waals surface area contributed by atoms with Crippen LogP contribution in [0.3, 0.4) is 0 Å². The minimum atomic E-state index is -2.57. The Hall–Kier alpha value is -1.36. The van der Waals surface area contributed by atoms with E-state index in [4.69, 9.17) is 9.47 Å². The van der Waals surface area contributed by atoms with Gasteiger partial charge in [0.05, 0.1) is 19.8 Å². The predicted molar refractivity (Wildman–Crippen MR) is 64.5 cm³/mol. The van der Waals surface area contributed by atoms with Crippen molar-refractivity contribution in [2.75, 3.05) is 20.8 Å². The van der Waals surface area contributed by atoms with Crippen molar-refractivity contribution < 1.29 is 18.3 Å². The SMILES string of the molecule is COc1cc(C2CCCN2)cc(C(F)F)c1OC. The van der Waals surface area contributed by atoms with Crippen molar-refractivity contribution in [1.82, 2.24) is 5.32 Å². The number of halogens is 2. The summed E-state index contributed by atoms with van der Waals surface area (Å²) in [5, 5.41) is 3.29. The van der Waals surface area contributed by atoms with Gasteiger partial charge in [-0.05, 0) is 37.1 Å². The average molecular weight is 257 g/mol. The van der Waals surface area contributed by atoms with Gasteiger partial charge in [-0.2, -0.15) is 0 Å². The molecule has 0 aromatic heterocycles. The summed E-state index contributed by atoms with van der Waals surface area (Å²) in [6.45, 7) is 0.920. The van der Waals surface area contributed by atoms with Crippen LogP contribution < -0.4 is 14.8 Å². The molecule has 1 atom stereocenters. The number of hydrogen-bond acceptors (Lipinski definition) is 3. The van der Waals surface area contributed by atoms with E-state index in [9.17, 15) is 8.78 Å². The van der Waals surface area contributed by atoms with Crippen LogP contribution >= 0.6 is 0 Å². The third kappa shape index (κ3) is 2.41. The van der Waals surface area contributed by atoms with Gasteiger partial charge >= 0.3 is 0 Å². The van der Waals surface area contributed by atoms with Crippen LogP contribution in [0.5, 0.6) is 11.5 Å². The molecular weight excluding hydrogens is 240 g/mol. The molecule has 1 fully saturated rings. The molecule has 0 aliphatic carbocycles. The molecule has 0 amide bonds. The zero-order valence-corrected chi connectivity index (χ0v) is 10.5. The first-order valence-electron chi connectivity index (χ1n) is 5.94. The lowest BCUT2D eigenvalue weighted by Gasteiger charge is -2.17. The molecule has 3 nitrogen and oxygen atoms in total. The molecular formula is C13H17F2NO2. The topological polar surface area (TPSA) is 30.5 Å². The lowest BCUT2D eigenvalue weighted by molar-refractivity contribution is 0.146. The van der Waals surface area contributed by atoms with Crippen LogP contribution in [0.15, 0.2) is 12.1 Å². The second-order valence-corrected chi connectivity index (χ2v) is 4.30. The van der Waals surface area contributed by atoms with Crippen LogP contribution in [0.2, 0.25) is 0 Å². The summed E-state index contributed by atoms with van der Waals surface area (Å²) in [6.07, 6.45) is -0.559. The maximum Gasteiger partial charge on any atom is 0.267 e. The van der Waals surface area contributed by atoms with Gasteiger partial charge in [-0.25, -0.2) is 8.78 Å². The smallest absolute Gasteiger partial charge is 0.267 e. The van der Waals surface area contributed by atoms with Crippen molar-refractivity contribution in [2.45, 2.75) is 25.3 Å². The summed E-state index contributed by atoms with van der Waals surface area (Å²) in [5.41, 5.74) is 0.723. The molecule has 1 aromatic rings. The lowest BCUT2D eigenvalue weighted by atomic mass is 10.0. The number of ether oxygens (including phenoxy) is 2. The van der Waals surface area contributed by atoms with E-state index in [1.54, 1.807) is 6.07 Å². The minimum Gasteiger partial charge on any atom is -0.493 e. The van der Waals surface area contributed by atoms with Crippen LogP contribution in [-0.4, -0.2) is 20.8 Å². The molecule has 0 radical (unpaired) electrons. The van der Waals surface area contributed by atoms with Crippen LogP contribution in [0.25, 0.3) is 0 Å². The first-order chi connectivity index (χ1) is 8.67. The normalized spacial score (nSPS) is 19.3. The largest absolute Gasteiger partial charge is 0.493 e. The van der Waals surface area contributed by atoms with E-state index in [-0.39, 0.29) is 17.4 Å². The van der Waals surface area contributed by atoms with Gasteiger partial charge in [-0.1, -0.05) is 0 Å². The van der Waals surface area contributed by atoms with Gasteiger partial charge in [0.1, 0.15) is 0 Å². The molecule has 2 rings (SSSR count). The van der Waals surface area contributed by atoms with Crippen molar-refractivity contribution in [1.29, 1.82) is 0 Å². The molecule has 5 heteroatoms. The monoisotopic (exact) mass is 257 g/mol. The molecule has 18 heavy (non-hydrogen) atoms. The summed E-state index contributed by atoms with van der Waals surface area (Å²) >= 11 is 0. The molecule has 0 spiro atoms. The fraction of sp³-hybridized carbons (Fsp3) is 0.538. The Morgan fingerprint density at radius 3 is 2.56 bits per heavy atom. The number of nitrogens with one attached hydrogen (secondary N) is 1. The molecule has 1 aromatic carbocycles. The fourth-order valence-electron chi connectivity index (χ4n) is 2.35. The average Bonchev–Trinajstić information content (AvgIpc) is 2.90. The molecule has 0 bridgehead atoms. The zero-order chi connectivity index (χ0) is 13.1. The van der Waals surface area contributed by atoms with Crippen molar-refractivity contribution in [3.63, 3.8) is 0 Å². The van der Waals surface area contributed by atoms with Gasteiger partial charge in [0.25, 0.3) is 6.43 Å². The molecule has 1 aliphatic rings. The maximum absolute atomic E-state index is 13.0. The molecule has 1 aliphatic heterocycles. The third-order valence-electron chi connectivity index (χ3n) is 3.23. The third-order valence-corrected chi connectivity index (χ3v) is 3.23. The Bertz CT molecular complexity index is 418. The van der Waals surface area contributed by atoms with E-state index >= 15 is 0 Å². The van der Waals surface area contributed by atoms with E-state index in [2.05, 4.69) is 5.32 Å². The second-order valence-electron chi connectivity index (χ2n) is 4.30. The van der Waals surface area contributed by atoms with Crippen LogP contribution in [0.4, 0.5) is 8.78 Å². The Kier molecular flexibility index (Phi) is 4.01. The zero-order valence-electron chi connectivity index (χ0n) is 10.5. The highest BCUT2D eigenvalue weighted by Gasteiger charge is 2.24. The van der Waals surface area contributed by atoms with Gasteiger partial charge in [0, 0.05) is 6.04 Å². The molecule has 0 saturated carbocycles. The number of benzene rings is 1.